The van der Waals surface area contributed by atoms with Gasteiger partial charge in [0.15, 0.2) is 0 Å². The third-order valence-electron chi connectivity index (χ3n) is 4.66. The van der Waals surface area contributed by atoms with Gasteiger partial charge in [0.1, 0.15) is 12.2 Å². The molecule has 0 aliphatic heterocycles. The molecule has 0 bridgehead atoms. The number of nitrogens with zero attached hydrogens (tertiary/aromatic N) is 4. The second-order valence-corrected chi connectivity index (χ2v) is 9.54. The number of amides is 1. The summed E-state index contributed by atoms with van der Waals surface area (Å²) in [5.74, 6) is -0.443. The maximum absolute atomic E-state index is 13.2. The van der Waals surface area contributed by atoms with Crippen molar-refractivity contribution in [1.82, 2.24) is 19.7 Å². The smallest absolute Gasteiger partial charge is 0.283 e. The number of rotatable bonds is 8. The van der Waals surface area contributed by atoms with Crippen LogP contribution < -0.4 is 10.0 Å². The summed E-state index contributed by atoms with van der Waals surface area (Å²) < 4.78 is 55.0. The SMILES string of the molecule is O=C(Cn1nc(C(F)F)c(Br)c1C1CC1)Nc1ccc(S(=O)(=O)Nc2ncccn2)cc1. The van der Waals surface area contributed by atoms with Crippen molar-refractivity contribution in [3.63, 3.8) is 0 Å². The predicted octanol–water partition coefficient (Wildman–Crippen LogP) is 3.69. The molecule has 1 aliphatic carbocycles. The lowest BCUT2D eigenvalue weighted by molar-refractivity contribution is -0.117. The maximum Gasteiger partial charge on any atom is 0.283 e. The average molecular weight is 527 g/mol. The minimum absolute atomic E-state index is 0.0449. The van der Waals surface area contributed by atoms with Gasteiger partial charge in [-0.15, -0.1) is 0 Å². The van der Waals surface area contributed by atoms with Gasteiger partial charge >= 0.3 is 0 Å². The summed E-state index contributed by atoms with van der Waals surface area (Å²) in [4.78, 5) is 20.0. The maximum atomic E-state index is 13.2. The number of sulfonamides is 1. The lowest BCUT2D eigenvalue weighted by Gasteiger charge is -2.10. The summed E-state index contributed by atoms with van der Waals surface area (Å²) in [6, 6.07) is 7.03. The summed E-state index contributed by atoms with van der Waals surface area (Å²) in [5.41, 5.74) is 0.549. The van der Waals surface area contributed by atoms with Gasteiger partial charge in [-0.05, 0) is 59.1 Å². The van der Waals surface area contributed by atoms with Gasteiger partial charge < -0.3 is 5.32 Å². The Kier molecular flexibility index (Phi) is 6.20. The second-order valence-electron chi connectivity index (χ2n) is 7.07. The van der Waals surface area contributed by atoms with Crippen molar-refractivity contribution in [3.05, 3.63) is 58.6 Å². The Balaban J connectivity index is 1.44. The van der Waals surface area contributed by atoms with E-state index in [1.54, 1.807) is 6.07 Å². The Labute approximate surface area is 190 Å². The molecule has 2 N–H and O–H groups in total. The third-order valence-corrected chi connectivity index (χ3v) is 6.82. The van der Waals surface area contributed by atoms with E-state index in [1.165, 1.54) is 41.3 Å². The molecule has 1 aromatic carbocycles. The fraction of sp³-hybridized carbons (Fsp3) is 0.263. The lowest BCUT2D eigenvalue weighted by atomic mass is 10.2. The van der Waals surface area contributed by atoms with Crippen molar-refractivity contribution >= 4 is 43.5 Å². The van der Waals surface area contributed by atoms with Crippen molar-refractivity contribution in [2.24, 2.45) is 0 Å². The number of carbonyl (C=O) groups excluding carboxylic acids is 1. The van der Waals surface area contributed by atoms with E-state index in [1.807, 2.05) is 0 Å². The lowest BCUT2D eigenvalue weighted by Crippen LogP contribution is -2.21. The van der Waals surface area contributed by atoms with E-state index >= 15 is 0 Å². The van der Waals surface area contributed by atoms with E-state index in [9.17, 15) is 22.0 Å². The molecule has 0 spiro atoms. The number of hydrogen-bond acceptors (Lipinski definition) is 6. The number of halogens is 3. The third kappa shape index (κ3) is 4.93. The Morgan fingerprint density at radius 2 is 1.84 bits per heavy atom. The van der Waals surface area contributed by atoms with Crippen molar-refractivity contribution < 1.29 is 22.0 Å². The monoisotopic (exact) mass is 526 g/mol. The molecule has 4 rings (SSSR count). The van der Waals surface area contributed by atoms with E-state index in [0.717, 1.165) is 12.8 Å². The van der Waals surface area contributed by atoms with Crippen LogP contribution in [0.1, 0.15) is 36.6 Å². The molecule has 0 saturated heterocycles. The molecule has 1 aliphatic rings. The molecule has 3 aromatic rings. The van der Waals surface area contributed by atoms with Crippen LogP contribution in [0.15, 0.2) is 52.1 Å². The number of hydrogen-bond donors (Lipinski definition) is 2. The number of anilines is 2. The largest absolute Gasteiger partial charge is 0.324 e. The van der Waals surface area contributed by atoms with Crippen LogP contribution in [-0.4, -0.2) is 34.1 Å². The molecule has 0 radical (unpaired) electrons. The van der Waals surface area contributed by atoms with Gasteiger partial charge in [-0.1, -0.05) is 0 Å². The molecular formula is C19H17BrF2N6O3S. The van der Waals surface area contributed by atoms with E-state index in [4.69, 9.17) is 0 Å². The van der Waals surface area contributed by atoms with Crippen LogP contribution in [0.3, 0.4) is 0 Å². The summed E-state index contributed by atoms with van der Waals surface area (Å²) in [6.07, 6.45) is 1.76. The zero-order valence-electron chi connectivity index (χ0n) is 16.4. The van der Waals surface area contributed by atoms with E-state index in [0.29, 0.717) is 11.4 Å². The van der Waals surface area contributed by atoms with E-state index in [2.05, 4.69) is 41.0 Å². The van der Waals surface area contributed by atoms with Crippen LogP contribution in [-0.2, 0) is 21.4 Å². The predicted molar refractivity (Wildman–Crippen MR) is 115 cm³/mol. The number of aromatic nitrogens is 4. The number of benzene rings is 1. The summed E-state index contributed by atoms with van der Waals surface area (Å²) >= 11 is 3.18. The molecule has 1 saturated carbocycles. The highest BCUT2D eigenvalue weighted by molar-refractivity contribution is 9.10. The molecule has 1 fully saturated rings. The fourth-order valence-corrected chi connectivity index (χ4v) is 4.80. The first kappa shape index (κ1) is 22.3. The molecule has 0 unspecified atom stereocenters. The van der Waals surface area contributed by atoms with Crippen LogP contribution in [0, 0.1) is 0 Å². The molecule has 32 heavy (non-hydrogen) atoms. The zero-order chi connectivity index (χ0) is 22.9. The summed E-state index contributed by atoms with van der Waals surface area (Å²) in [7, 11) is -3.90. The minimum Gasteiger partial charge on any atom is -0.324 e. The fourth-order valence-electron chi connectivity index (χ4n) is 3.06. The standard InChI is InChI=1S/C19H17BrF2N6O3S/c20-15-16(18(21)22)26-28(17(15)11-2-3-11)10-14(29)25-12-4-6-13(7-5-12)32(30,31)27-19-23-8-1-9-24-19/h1,4-9,11,18H,2-3,10H2,(H,25,29)(H,23,24,27). The second kappa shape index (κ2) is 8.90. The Bertz CT molecular complexity index is 1230. The van der Waals surface area contributed by atoms with Crippen molar-refractivity contribution in [1.29, 1.82) is 0 Å². The average Bonchev–Trinajstić information content (AvgIpc) is 3.52. The Morgan fingerprint density at radius 1 is 1.19 bits per heavy atom. The Hall–Kier alpha value is -2.93. The molecule has 2 heterocycles. The molecule has 2 aromatic heterocycles. The van der Waals surface area contributed by atoms with Gasteiger partial charge in [0.05, 0.1) is 15.1 Å². The van der Waals surface area contributed by atoms with Gasteiger partial charge in [0, 0.05) is 24.0 Å². The van der Waals surface area contributed by atoms with Crippen molar-refractivity contribution in [2.75, 3.05) is 10.0 Å². The highest BCUT2D eigenvalue weighted by atomic mass is 79.9. The van der Waals surface area contributed by atoms with Gasteiger partial charge in [0.2, 0.25) is 11.9 Å². The van der Waals surface area contributed by atoms with Gasteiger partial charge in [-0.2, -0.15) is 5.10 Å². The number of carbonyl (C=O) groups is 1. The van der Waals surface area contributed by atoms with Crippen molar-refractivity contribution in [3.8, 4) is 0 Å². The minimum atomic E-state index is -3.90. The zero-order valence-corrected chi connectivity index (χ0v) is 18.8. The number of nitrogens with one attached hydrogen (secondary N) is 2. The topological polar surface area (TPSA) is 119 Å². The molecule has 13 heteroatoms. The van der Waals surface area contributed by atoms with Gasteiger partial charge in [-0.3, -0.25) is 9.48 Å². The van der Waals surface area contributed by atoms with E-state index in [-0.39, 0.29) is 33.5 Å². The highest BCUT2D eigenvalue weighted by Gasteiger charge is 2.34. The summed E-state index contributed by atoms with van der Waals surface area (Å²) in [5, 5.41) is 6.52. The normalized spacial score (nSPS) is 13.9. The first-order valence-electron chi connectivity index (χ1n) is 9.48. The van der Waals surface area contributed by atoms with Crippen LogP contribution in [0.2, 0.25) is 0 Å². The molecule has 0 atom stereocenters. The molecule has 9 nitrogen and oxygen atoms in total. The van der Waals surface area contributed by atoms with Crippen LogP contribution in [0.5, 0.6) is 0 Å². The molecule has 168 valence electrons. The van der Waals surface area contributed by atoms with Gasteiger partial charge in [-0.25, -0.2) is 31.9 Å². The highest BCUT2D eigenvalue weighted by Crippen LogP contribution is 2.45. The van der Waals surface area contributed by atoms with E-state index < -0.39 is 22.4 Å². The quantitative estimate of drug-likeness (QED) is 0.462. The first-order chi connectivity index (χ1) is 15.2. The Morgan fingerprint density at radius 3 is 2.44 bits per heavy atom. The van der Waals surface area contributed by atoms with Gasteiger partial charge in [0.25, 0.3) is 16.4 Å². The van der Waals surface area contributed by atoms with Crippen LogP contribution >= 0.6 is 15.9 Å². The number of alkyl halides is 2. The molecule has 1 amide bonds. The van der Waals surface area contributed by atoms with Crippen LogP contribution in [0.4, 0.5) is 20.4 Å². The van der Waals surface area contributed by atoms with Crippen LogP contribution in [0.25, 0.3) is 0 Å². The summed E-state index contributed by atoms with van der Waals surface area (Å²) in [6.45, 7) is -0.246. The molecular weight excluding hydrogens is 510 g/mol. The first-order valence-corrected chi connectivity index (χ1v) is 11.8. The van der Waals surface area contributed by atoms with Crippen molar-refractivity contribution in [2.45, 2.75) is 36.6 Å².